The first kappa shape index (κ1) is 24.4. The Morgan fingerprint density at radius 2 is 1.29 bits per heavy atom. The molecule has 1 fully saturated rings. The maximum atomic E-state index is 10.5. The van der Waals surface area contributed by atoms with Gasteiger partial charge in [-0.05, 0) is 6.42 Å². The molecule has 0 radical (unpaired) electrons. The molecule has 0 amide bonds. The highest BCUT2D eigenvalue weighted by molar-refractivity contribution is 4.70. The van der Waals surface area contributed by atoms with Gasteiger partial charge in [-0.1, -0.05) is 77.6 Å². The Morgan fingerprint density at radius 3 is 1.75 bits per heavy atom. The van der Waals surface area contributed by atoms with Crippen molar-refractivity contribution in [3.05, 3.63) is 0 Å². The lowest BCUT2D eigenvalue weighted by Gasteiger charge is -2.42. The van der Waals surface area contributed by atoms with E-state index in [1.165, 1.54) is 70.6 Å². The topological polar surface area (TPSA) is 29.5 Å². The number of halogens is 1. The number of hydrogen-bond donors (Lipinski definition) is 1. The Hall–Kier alpha value is 0.360. The maximum Gasteiger partial charge on any atom is 0.216 e. The standard InChI is InChI=1S/C20H42NO2.BrH/c1-4-5-6-7-8-9-10-11-12-13-14-15-16-20(22)19-21(2,3)17-18-23-20;/h22H,4-19H2,1-3H3;1H/q+1;/p-1. The highest BCUT2D eigenvalue weighted by atomic mass is 79.9. The minimum absolute atomic E-state index is 0. The number of rotatable bonds is 13. The normalized spacial score (nSPS) is 23.0. The van der Waals surface area contributed by atoms with Gasteiger partial charge in [0.2, 0.25) is 5.79 Å². The second kappa shape index (κ2) is 13.5. The van der Waals surface area contributed by atoms with Crippen LogP contribution in [0.5, 0.6) is 0 Å². The number of unbranched alkanes of at least 4 members (excludes halogenated alkanes) is 11. The summed E-state index contributed by atoms with van der Waals surface area (Å²) in [6, 6.07) is 0. The van der Waals surface area contributed by atoms with Crippen molar-refractivity contribution >= 4 is 0 Å². The Bertz CT molecular complexity index is 299. The molecule has 3 nitrogen and oxygen atoms in total. The summed E-state index contributed by atoms with van der Waals surface area (Å²) in [5.41, 5.74) is 0. The molecule has 146 valence electrons. The lowest BCUT2D eigenvalue weighted by molar-refractivity contribution is -0.911. The number of morpholine rings is 1. The van der Waals surface area contributed by atoms with Crippen LogP contribution >= 0.6 is 0 Å². The van der Waals surface area contributed by atoms with Crippen molar-refractivity contribution in [2.24, 2.45) is 0 Å². The van der Waals surface area contributed by atoms with Gasteiger partial charge in [-0.3, -0.25) is 0 Å². The number of ether oxygens (including phenoxy) is 1. The van der Waals surface area contributed by atoms with E-state index in [0.29, 0.717) is 6.61 Å². The summed E-state index contributed by atoms with van der Waals surface area (Å²) in [5, 5.41) is 10.5. The summed E-state index contributed by atoms with van der Waals surface area (Å²) >= 11 is 0. The number of hydrogen-bond acceptors (Lipinski definition) is 2. The lowest BCUT2D eigenvalue weighted by Crippen LogP contribution is -3.00. The van der Waals surface area contributed by atoms with Crippen molar-refractivity contribution in [1.82, 2.24) is 0 Å². The average molecular weight is 408 g/mol. The number of likely N-dealkylation sites (N-methyl/N-ethyl adjacent to an activating group) is 1. The molecule has 0 aromatic heterocycles. The number of quaternary nitrogens is 1. The van der Waals surface area contributed by atoms with Crippen LogP contribution in [0.1, 0.15) is 90.4 Å². The second-order valence-electron chi connectivity index (χ2n) is 8.25. The van der Waals surface area contributed by atoms with Gasteiger partial charge in [0, 0.05) is 6.42 Å². The molecule has 1 heterocycles. The highest BCUT2D eigenvalue weighted by Gasteiger charge is 2.39. The van der Waals surface area contributed by atoms with Crippen LogP contribution in [0.15, 0.2) is 0 Å². The van der Waals surface area contributed by atoms with Crippen molar-refractivity contribution in [1.29, 1.82) is 0 Å². The van der Waals surface area contributed by atoms with Crippen molar-refractivity contribution in [2.75, 3.05) is 33.8 Å². The summed E-state index contributed by atoms with van der Waals surface area (Å²) in [5.74, 6) is -0.875. The van der Waals surface area contributed by atoms with Gasteiger partial charge in [-0.15, -0.1) is 0 Å². The predicted octanol–water partition coefficient (Wildman–Crippen LogP) is 1.88. The quantitative estimate of drug-likeness (QED) is 0.373. The van der Waals surface area contributed by atoms with Gasteiger partial charge in [0.25, 0.3) is 0 Å². The fourth-order valence-corrected chi connectivity index (χ4v) is 3.67. The first-order valence-corrected chi connectivity index (χ1v) is 10.2. The van der Waals surface area contributed by atoms with Gasteiger partial charge in [-0.2, -0.15) is 0 Å². The predicted molar refractivity (Wildman–Crippen MR) is 98.4 cm³/mol. The van der Waals surface area contributed by atoms with E-state index in [9.17, 15) is 5.11 Å². The molecule has 1 rings (SSSR count). The minimum Gasteiger partial charge on any atom is -1.00 e. The molecule has 1 aliphatic rings. The first-order chi connectivity index (χ1) is 11.0. The molecule has 1 unspecified atom stereocenters. The number of aliphatic hydroxyl groups is 1. The van der Waals surface area contributed by atoms with Crippen molar-refractivity contribution < 1.29 is 31.3 Å². The summed E-state index contributed by atoms with van der Waals surface area (Å²) in [4.78, 5) is 0. The van der Waals surface area contributed by atoms with Gasteiger partial charge in [0.15, 0.2) is 0 Å². The zero-order valence-corrected chi connectivity index (χ0v) is 18.1. The Balaban J connectivity index is 0.00000529. The SMILES string of the molecule is CCCCCCCCCCCCCCC1(O)C[N+](C)(C)CCO1.[Br-]. The van der Waals surface area contributed by atoms with E-state index in [0.717, 1.165) is 30.4 Å². The third kappa shape index (κ3) is 11.8. The summed E-state index contributed by atoms with van der Waals surface area (Å²) in [6.07, 6.45) is 17.0. The molecule has 0 spiro atoms. The third-order valence-electron chi connectivity index (χ3n) is 5.16. The third-order valence-corrected chi connectivity index (χ3v) is 5.16. The van der Waals surface area contributed by atoms with Gasteiger partial charge < -0.3 is 31.3 Å². The molecule has 0 aromatic rings. The molecule has 0 saturated carbocycles. The molecule has 0 aliphatic carbocycles. The Morgan fingerprint density at radius 1 is 0.833 bits per heavy atom. The molecule has 0 aromatic carbocycles. The maximum absolute atomic E-state index is 10.5. The van der Waals surface area contributed by atoms with E-state index >= 15 is 0 Å². The lowest BCUT2D eigenvalue weighted by atomic mass is 10.0. The zero-order chi connectivity index (χ0) is 17.0. The summed E-state index contributed by atoms with van der Waals surface area (Å²) in [7, 11) is 4.35. The van der Waals surface area contributed by atoms with Crippen LogP contribution < -0.4 is 17.0 Å². The monoisotopic (exact) mass is 407 g/mol. The van der Waals surface area contributed by atoms with Gasteiger partial charge in [0.05, 0.1) is 20.7 Å². The van der Waals surface area contributed by atoms with Crippen LogP contribution in [0.3, 0.4) is 0 Å². The van der Waals surface area contributed by atoms with Crippen molar-refractivity contribution in [2.45, 2.75) is 96.2 Å². The molecular formula is C20H42BrNO2. The van der Waals surface area contributed by atoms with E-state index in [1.54, 1.807) is 0 Å². The molecule has 24 heavy (non-hydrogen) atoms. The fourth-order valence-electron chi connectivity index (χ4n) is 3.67. The Labute approximate surface area is 161 Å². The zero-order valence-electron chi connectivity index (χ0n) is 16.5. The Kier molecular flexibility index (Phi) is 13.8. The molecular weight excluding hydrogens is 366 g/mol. The van der Waals surface area contributed by atoms with Crippen LogP contribution in [0.25, 0.3) is 0 Å². The molecule has 0 bridgehead atoms. The van der Waals surface area contributed by atoms with E-state index < -0.39 is 5.79 Å². The molecule has 1 N–H and O–H groups in total. The van der Waals surface area contributed by atoms with E-state index in [2.05, 4.69) is 21.0 Å². The second-order valence-corrected chi connectivity index (χ2v) is 8.25. The van der Waals surface area contributed by atoms with Gasteiger partial charge >= 0.3 is 0 Å². The smallest absolute Gasteiger partial charge is 0.216 e. The molecule has 1 atom stereocenters. The van der Waals surface area contributed by atoms with E-state index in [1.807, 2.05) is 0 Å². The molecule has 1 saturated heterocycles. The first-order valence-electron chi connectivity index (χ1n) is 10.2. The van der Waals surface area contributed by atoms with Crippen LogP contribution in [0, 0.1) is 0 Å². The summed E-state index contributed by atoms with van der Waals surface area (Å²) in [6.45, 7) is 4.69. The fraction of sp³-hybridized carbons (Fsp3) is 1.00. The van der Waals surface area contributed by atoms with Gasteiger partial charge in [-0.25, -0.2) is 0 Å². The van der Waals surface area contributed by atoms with Gasteiger partial charge in [0.1, 0.15) is 13.1 Å². The van der Waals surface area contributed by atoms with E-state index in [-0.39, 0.29) is 17.0 Å². The van der Waals surface area contributed by atoms with Crippen LogP contribution in [-0.2, 0) is 4.74 Å². The molecule has 1 aliphatic heterocycles. The van der Waals surface area contributed by atoms with E-state index in [4.69, 9.17) is 4.74 Å². The van der Waals surface area contributed by atoms with Crippen LogP contribution in [0.2, 0.25) is 0 Å². The minimum atomic E-state index is -0.875. The largest absolute Gasteiger partial charge is 1.00 e. The molecule has 4 heteroatoms. The van der Waals surface area contributed by atoms with Crippen LogP contribution in [-0.4, -0.2) is 49.2 Å². The van der Waals surface area contributed by atoms with Crippen molar-refractivity contribution in [3.63, 3.8) is 0 Å². The summed E-state index contributed by atoms with van der Waals surface area (Å²) < 4.78 is 6.51. The number of nitrogens with zero attached hydrogens (tertiary/aromatic N) is 1. The average Bonchev–Trinajstić information content (AvgIpc) is 2.47. The highest BCUT2D eigenvalue weighted by Crippen LogP contribution is 2.24. The van der Waals surface area contributed by atoms with Crippen molar-refractivity contribution in [3.8, 4) is 0 Å². The van der Waals surface area contributed by atoms with Crippen LogP contribution in [0.4, 0.5) is 0 Å².